The van der Waals surface area contributed by atoms with Crippen LogP contribution in [0.25, 0.3) is 5.78 Å². The molecule has 11 heteroatoms. The zero-order valence-electron chi connectivity index (χ0n) is 16.6. The van der Waals surface area contributed by atoms with Crippen molar-refractivity contribution in [1.29, 1.82) is 0 Å². The van der Waals surface area contributed by atoms with Gasteiger partial charge in [0.1, 0.15) is 18.0 Å². The fraction of sp³-hybridized carbons (Fsp3) is 0.400. The summed E-state index contributed by atoms with van der Waals surface area (Å²) in [5.74, 6) is -1.80. The second-order valence-electron chi connectivity index (χ2n) is 7.40. The number of hydrogen-bond acceptors (Lipinski definition) is 5. The smallest absolute Gasteiger partial charge is 0.354 e. The third-order valence-electron chi connectivity index (χ3n) is 5.46. The van der Waals surface area contributed by atoms with E-state index in [9.17, 15) is 22.4 Å². The van der Waals surface area contributed by atoms with Gasteiger partial charge in [-0.25, -0.2) is 9.37 Å². The number of piperidine rings is 1. The van der Waals surface area contributed by atoms with E-state index in [1.807, 2.05) is 17.9 Å². The summed E-state index contributed by atoms with van der Waals surface area (Å²) in [6, 6.07) is 6.59. The van der Waals surface area contributed by atoms with Gasteiger partial charge in [0, 0.05) is 30.8 Å². The molecule has 1 amide bonds. The summed E-state index contributed by atoms with van der Waals surface area (Å²) in [4.78, 5) is 22.1. The molecule has 31 heavy (non-hydrogen) atoms. The first-order chi connectivity index (χ1) is 14.8. The minimum Gasteiger partial charge on any atom is -0.354 e. The first-order valence-corrected chi connectivity index (χ1v) is 9.84. The standard InChI is InChI=1S/C20H20F4N6O/c1-2-14-9-17(30-19(27-14)25-11-26-30)29-8-7-15(12-3-5-13(21)6-4-12)16(10-29)28-18(31)20(22,23)24/h3-6,9,11,15-16H,2,7-8,10H2,1H3,(H,28,31). The maximum absolute atomic E-state index is 13.3. The number of fused-ring (bicyclic) bond motifs is 1. The van der Waals surface area contributed by atoms with Crippen molar-refractivity contribution in [3.05, 3.63) is 53.7 Å². The van der Waals surface area contributed by atoms with E-state index in [2.05, 4.69) is 20.4 Å². The number of rotatable bonds is 4. The lowest BCUT2D eigenvalue weighted by Gasteiger charge is -2.40. The fourth-order valence-corrected chi connectivity index (χ4v) is 3.92. The SMILES string of the molecule is CCc1cc(N2CCC(c3ccc(F)cc3)C(NC(=O)C(F)(F)F)C2)n2ncnc2n1. The van der Waals surface area contributed by atoms with Gasteiger partial charge in [0.2, 0.25) is 0 Å². The predicted molar refractivity (Wildman–Crippen MR) is 104 cm³/mol. The summed E-state index contributed by atoms with van der Waals surface area (Å²) < 4.78 is 53.8. The molecular weight excluding hydrogens is 416 g/mol. The monoisotopic (exact) mass is 436 g/mol. The Balaban J connectivity index is 1.67. The van der Waals surface area contributed by atoms with Crippen molar-refractivity contribution in [2.24, 2.45) is 0 Å². The summed E-state index contributed by atoms with van der Waals surface area (Å²) in [7, 11) is 0. The summed E-state index contributed by atoms with van der Waals surface area (Å²) in [6.45, 7) is 2.56. The number of nitrogens with one attached hydrogen (secondary N) is 1. The number of anilines is 1. The Morgan fingerprint density at radius 1 is 1.26 bits per heavy atom. The molecule has 2 aromatic heterocycles. The van der Waals surface area contributed by atoms with E-state index in [1.165, 1.54) is 23.0 Å². The number of carbonyl (C=O) groups excluding carboxylic acids is 1. The molecule has 1 N–H and O–H groups in total. The number of aromatic nitrogens is 4. The van der Waals surface area contributed by atoms with Gasteiger partial charge in [-0.05, 0) is 30.5 Å². The molecule has 2 unspecified atom stereocenters. The second kappa shape index (κ2) is 8.12. The molecule has 0 radical (unpaired) electrons. The average Bonchev–Trinajstić information content (AvgIpc) is 3.21. The Labute approximate surface area is 175 Å². The van der Waals surface area contributed by atoms with E-state index in [0.717, 1.165) is 5.69 Å². The number of aryl methyl sites for hydroxylation is 1. The van der Waals surface area contributed by atoms with Gasteiger partial charge >= 0.3 is 12.1 Å². The highest BCUT2D eigenvalue weighted by Crippen LogP contribution is 2.32. The van der Waals surface area contributed by atoms with Crippen LogP contribution >= 0.6 is 0 Å². The van der Waals surface area contributed by atoms with E-state index in [-0.39, 0.29) is 6.54 Å². The Morgan fingerprint density at radius 3 is 2.68 bits per heavy atom. The Bertz CT molecular complexity index is 1080. The molecule has 2 atom stereocenters. The van der Waals surface area contributed by atoms with Crippen LogP contribution in [0.1, 0.15) is 30.5 Å². The Kier molecular flexibility index (Phi) is 5.50. The van der Waals surface area contributed by atoms with Crippen molar-refractivity contribution >= 4 is 17.5 Å². The van der Waals surface area contributed by atoms with Crippen LogP contribution in [0, 0.1) is 5.82 Å². The first kappa shape index (κ1) is 21.0. The summed E-state index contributed by atoms with van der Waals surface area (Å²) in [5.41, 5.74) is 1.44. The summed E-state index contributed by atoms with van der Waals surface area (Å²) >= 11 is 0. The van der Waals surface area contributed by atoms with Gasteiger partial charge < -0.3 is 10.2 Å². The molecule has 1 saturated heterocycles. The molecule has 0 spiro atoms. The van der Waals surface area contributed by atoms with Crippen molar-refractivity contribution < 1.29 is 22.4 Å². The number of nitrogens with zero attached hydrogens (tertiary/aromatic N) is 5. The molecule has 1 aliphatic rings. The quantitative estimate of drug-likeness (QED) is 0.637. The number of carbonyl (C=O) groups is 1. The number of halogens is 4. The van der Waals surface area contributed by atoms with E-state index in [4.69, 9.17) is 0 Å². The normalized spacial score (nSPS) is 19.6. The van der Waals surface area contributed by atoms with Crippen molar-refractivity contribution in [2.75, 3.05) is 18.0 Å². The number of amides is 1. The highest BCUT2D eigenvalue weighted by Gasteiger charge is 2.42. The van der Waals surface area contributed by atoms with Crippen LogP contribution in [0.2, 0.25) is 0 Å². The number of hydrogen-bond donors (Lipinski definition) is 1. The van der Waals surface area contributed by atoms with E-state index < -0.39 is 29.9 Å². The van der Waals surface area contributed by atoms with Crippen LogP contribution in [0.4, 0.5) is 23.4 Å². The molecule has 1 fully saturated rings. The molecule has 164 valence electrons. The average molecular weight is 436 g/mol. The predicted octanol–water partition coefficient (Wildman–Crippen LogP) is 2.87. The Morgan fingerprint density at radius 2 is 2.00 bits per heavy atom. The van der Waals surface area contributed by atoms with Crippen molar-refractivity contribution in [2.45, 2.75) is 37.9 Å². The van der Waals surface area contributed by atoms with Crippen molar-refractivity contribution in [1.82, 2.24) is 24.9 Å². The highest BCUT2D eigenvalue weighted by atomic mass is 19.4. The van der Waals surface area contributed by atoms with Gasteiger partial charge in [-0.1, -0.05) is 19.1 Å². The third-order valence-corrected chi connectivity index (χ3v) is 5.46. The molecule has 0 saturated carbocycles. The van der Waals surface area contributed by atoms with Crippen LogP contribution in [-0.4, -0.2) is 50.8 Å². The lowest BCUT2D eigenvalue weighted by molar-refractivity contribution is -0.174. The van der Waals surface area contributed by atoms with Gasteiger partial charge in [-0.2, -0.15) is 27.8 Å². The molecular formula is C20H20F4N6O. The van der Waals surface area contributed by atoms with Gasteiger partial charge in [0.15, 0.2) is 0 Å². The van der Waals surface area contributed by atoms with Gasteiger partial charge in [0.05, 0.1) is 6.04 Å². The Hall–Kier alpha value is -3.24. The first-order valence-electron chi connectivity index (χ1n) is 9.84. The van der Waals surface area contributed by atoms with Crippen LogP contribution in [0.3, 0.4) is 0 Å². The fourth-order valence-electron chi connectivity index (χ4n) is 3.92. The lowest BCUT2D eigenvalue weighted by atomic mass is 9.85. The summed E-state index contributed by atoms with van der Waals surface area (Å²) in [5, 5.41) is 6.31. The molecule has 0 bridgehead atoms. The van der Waals surface area contributed by atoms with E-state index >= 15 is 0 Å². The number of alkyl halides is 3. The van der Waals surface area contributed by atoms with E-state index in [0.29, 0.717) is 36.5 Å². The van der Waals surface area contributed by atoms with Crippen LogP contribution in [0.15, 0.2) is 36.7 Å². The lowest BCUT2D eigenvalue weighted by Crippen LogP contribution is -2.54. The second-order valence-corrected chi connectivity index (χ2v) is 7.40. The van der Waals surface area contributed by atoms with Gasteiger partial charge in [-0.3, -0.25) is 4.79 Å². The van der Waals surface area contributed by atoms with E-state index in [1.54, 1.807) is 12.1 Å². The topological polar surface area (TPSA) is 75.4 Å². The molecule has 0 aliphatic carbocycles. The zero-order valence-corrected chi connectivity index (χ0v) is 16.6. The molecule has 1 aromatic carbocycles. The van der Waals surface area contributed by atoms with Crippen LogP contribution in [-0.2, 0) is 11.2 Å². The minimum atomic E-state index is -5.00. The maximum Gasteiger partial charge on any atom is 0.471 e. The van der Waals surface area contributed by atoms with Crippen molar-refractivity contribution in [3.63, 3.8) is 0 Å². The highest BCUT2D eigenvalue weighted by molar-refractivity contribution is 5.82. The molecule has 3 heterocycles. The third kappa shape index (κ3) is 4.30. The van der Waals surface area contributed by atoms with Crippen molar-refractivity contribution in [3.8, 4) is 0 Å². The molecule has 1 aliphatic heterocycles. The van der Waals surface area contributed by atoms with Gasteiger partial charge in [-0.15, -0.1) is 0 Å². The molecule has 4 rings (SSSR count). The molecule has 7 nitrogen and oxygen atoms in total. The zero-order chi connectivity index (χ0) is 22.2. The summed E-state index contributed by atoms with van der Waals surface area (Å²) in [6.07, 6.45) is -2.54. The van der Waals surface area contributed by atoms with Crippen LogP contribution in [0.5, 0.6) is 0 Å². The number of benzene rings is 1. The van der Waals surface area contributed by atoms with Crippen LogP contribution < -0.4 is 10.2 Å². The van der Waals surface area contributed by atoms with Gasteiger partial charge in [0.25, 0.3) is 5.78 Å². The molecule has 3 aromatic rings. The maximum atomic E-state index is 13.3. The minimum absolute atomic E-state index is 0.117. The largest absolute Gasteiger partial charge is 0.471 e.